The average Bonchev–Trinajstić information content (AvgIpc) is 3.04. The van der Waals surface area contributed by atoms with Crippen molar-refractivity contribution in [3.8, 4) is 0 Å². The molecule has 2 atom stereocenters. The molecule has 0 aliphatic heterocycles. The molecule has 0 radical (unpaired) electrons. The summed E-state index contributed by atoms with van der Waals surface area (Å²) >= 11 is 6.04. The van der Waals surface area contributed by atoms with E-state index >= 15 is 0 Å². The Morgan fingerprint density at radius 2 is 1.49 bits per heavy atom. The molecule has 4 rings (SSSR count). The molecule has 0 aliphatic carbocycles. The lowest BCUT2D eigenvalue weighted by molar-refractivity contribution is -0.140. The van der Waals surface area contributed by atoms with Gasteiger partial charge in [0.2, 0.25) is 11.8 Å². The number of sulfonamides is 1. The Balaban J connectivity index is 1.81. The number of halogens is 3. The van der Waals surface area contributed by atoms with E-state index in [9.17, 15) is 26.8 Å². The van der Waals surface area contributed by atoms with Crippen LogP contribution in [0.4, 0.5) is 14.5 Å². The Morgan fingerprint density at radius 3 is 2.09 bits per heavy atom. The first kappa shape index (κ1) is 33.6. The van der Waals surface area contributed by atoms with Crippen LogP contribution in [0.25, 0.3) is 0 Å². The highest BCUT2D eigenvalue weighted by Gasteiger charge is 2.35. The average molecular weight is 654 g/mol. The lowest BCUT2D eigenvalue weighted by Gasteiger charge is -2.34. The summed E-state index contributed by atoms with van der Waals surface area (Å²) in [6.07, 6.45) is 0.772. The predicted molar refractivity (Wildman–Crippen MR) is 171 cm³/mol. The molecule has 45 heavy (non-hydrogen) atoms. The van der Waals surface area contributed by atoms with Gasteiger partial charge in [0.05, 0.1) is 15.6 Å². The van der Waals surface area contributed by atoms with E-state index in [0.717, 1.165) is 22.0 Å². The largest absolute Gasteiger partial charge is 0.352 e. The molecule has 4 aromatic carbocycles. The summed E-state index contributed by atoms with van der Waals surface area (Å²) in [4.78, 5) is 29.4. The predicted octanol–water partition coefficient (Wildman–Crippen LogP) is 6.37. The Hall–Kier alpha value is -4.28. The summed E-state index contributed by atoms with van der Waals surface area (Å²) in [5, 5.41) is 2.62. The summed E-state index contributed by atoms with van der Waals surface area (Å²) in [5.74, 6) is -2.36. The molecular weight excluding hydrogens is 620 g/mol. The third-order valence-corrected chi connectivity index (χ3v) is 9.42. The minimum absolute atomic E-state index is 0.0380. The zero-order chi connectivity index (χ0) is 32.6. The van der Waals surface area contributed by atoms with E-state index in [2.05, 4.69) is 5.32 Å². The maximum Gasteiger partial charge on any atom is 0.264 e. The summed E-state index contributed by atoms with van der Waals surface area (Å²) in [6, 6.07) is 24.2. The quantitative estimate of drug-likeness (QED) is 0.182. The number of anilines is 1. The molecule has 0 fully saturated rings. The molecule has 0 unspecified atom stereocenters. The van der Waals surface area contributed by atoms with Gasteiger partial charge in [-0.2, -0.15) is 0 Å². The van der Waals surface area contributed by atoms with E-state index in [1.54, 1.807) is 18.2 Å². The third kappa shape index (κ3) is 8.67. The number of nitrogens with zero attached hydrogens (tertiary/aromatic N) is 2. The van der Waals surface area contributed by atoms with Gasteiger partial charge in [-0.25, -0.2) is 17.2 Å². The smallest absolute Gasteiger partial charge is 0.264 e. The summed E-state index contributed by atoms with van der Waals surface area (Å²) in [6.45, 7) is 2.91. The SMILES string of the molecule is CC[C@@H](C)NC(=O)[C@@H](Cc1ccccc1)N(Cc1ccc(F)cc1)C(=O)CN(c1ccc(F)c(Cl)c1)S(=O)(=O)c1ccccc1. The first-order chi connectivity index (χ1) is 21.5. The lowest BCUT2D eigenvalue weighted by Crippen LogP contribution is -2.54. The number of nitrogens with one attached hydrogen (secondary N) is 1. The fourth-order valence-electron chi connectivity index (χ4n) is 4.67. The van der Waals surface area contributed by atoms with Crippen LogP contribution in [0, 0.1) is 11.6 Å². The van der Waals surface area contributed by atoms with E-state index in [1.165, 1.54) is 47.4 Å². The highest BCUT2D eigenvalue weighted by Crippen LogP contribution is 2.28. The molecule has 0 spiro atoms. The second-order valence-electron chi connectivity index (χ2n) is 10.6. The molecule has 4 aromatic rings. The molecule has 236 valence electrons. The van der Waals surface area contributed by atoms with Crippen molar-refractivity contribution < 1.29 is 26.8 Å². The van der Waals surface area contributed by atoms with Crippen molar-refractivity contribution in [3.05, 3.63) is 131 Å². The van der Waals surface area contributed by atoms with E-state index in [1.807, 2.05) is 44.2 Å². The fraction of sp³-hybridized carbons (Fsp3) is 0.235. The number of carbonyl (C=O) groups is 2. The molecular formula is C34H34ClF2N3O4S. The van der Waals surface area contributed by atoms with Gasteiger partial charge in [0.25, 0.3) is 10.0 Å². The standard InChI is InChI=1S/C34H34ClF2N3O4S/c1-3-24(2)38-34(42)32(20-25-10-6-4-7-11-25)39(22-26-14-16-27(36)17-15-26)33(41)23-40(28-18-19-31(37)30(35)21-28)45(43,44)29-12-8-5-9-13-29/h4-19,21,24,32H,3,20,22-23H2,1-2H3,(H,38,42)/t24-,32-/m1/s1. The van der Waals surface area contributed by atoms with Gasteiger partial charge < -0.3 is 10.2 Å². The van der Waals surface area contributed by atoms with Crippen molar-refractivity contribution in [1.29, 1.82) is 0 Å². The van der Waals surface area contributed by atoms with E-state index in [4.69, 9.17) is 11.6 Å². The number of benzene rings is 4. The van der Waals surface area contributed by atoms with Gasteiger partial charge in [0.1, 0.15) is 24.2 Å². The van der Waals surface area contributed by atoms with Gasteiger partial charge in [-0.1, -0.05) is 79.2 Å². The highest BCUT2D eigenvalue weighted by atomic mass is 35.5. The van der Waals surface area contributed by atoms with Crippen LogP contribution in [-0.2, 0) is 32.6 Å². The third-order valence-electron chi connectivity index (χ3n) is 7.34. The summed E-state index contributed by atoms with van der Waals surface area (Å²) < 4.78 is 56.7. The molecule has 11 heteroatoms. The van der Waals surface area contributed by atoms with E-state index in [0.29, 0.717) is 12.0 Å². The number of hydrogen-bond acceptors (Lipinski definition) is 4. The van der Waals surface area contributed by atoms with Crippen LogP contribution in [0.1, 0.15) is 31.4 Å². The number of hydrogen-bond donors (Lipinski definition) is 1. The zero-order valence-electron chi connectivity index (χ0n) is 24.9. The maximum absolute atomic E-state index is 14.4. The Kier molecular flexibility index (Phi) is 11.3. The van der Waals surface area contributed by atoms with Crippen molar-refractivity contribution in [3.63, 3.8) is 0 Å². The topological polar surface area (TPSA) is 86.8 Å². The van der Waals surface area contributed by atoms with Gasteiger partial charge in [0, 0.05) is 19.0 Å². The minimum Gasteiger partial charge on any atom is -0.352 e. The molecule has 0 saturated heterocycles. The van der Waals surface area contributed by atoms with Gasteiger partial charge in [0.15, 0.2) is 0 Å². The monoisotopic (exact) mass is 653 g/mol. The summed E-state index contributed by atoms with van der Waals surface area (Å²) in [5.41, 5.74) is 1.27. The van der Waals surface area contributed by atoms with Crippen LogP contribution in [0.2, 0.25) is 5.02 Å². The molecule has 0 bridgehead atoms. The van der Waals surface area contributed by atoms with Gasteiger partial charge in [-0.3, -0.25) is 13.9 Å². The van der Waals surface area contributed by atoms with E-state index < -0.39 is 46.1 Å². The van der Waals surface area contributed by atoms with Crippen LogP contribution in [0.3, 0.4) is 0 Å². The second-order valence-corrected chi connectivity index (χ2v) is 12.9. The molecule has 0 aromatic heterocycles. The van der Waals surface area contributed by atoms with Crippen molar-refractivity contribution in [2.75, 3.05) is 10.8 Å². The molecule has 0 aliphatic rings. The first-order valence-corrected chi connectivity index (χ1v) is 16.2. The van der Waals surface area contributed by atoms with Crippen LogP contribution in [-0.4, -0.2) is 43.8 Å². The lowest BCUT2D eigenvalue weighted by atomic mass is 10.0. The Morgan fingerprint density at radius 1 is 0.867 bits per heavy atom. The number of rotatable bonds is 13. The van der Waals surface area contributed by atoms with Crippen molar-refractivity contribution >= 4 is 39.1 Å². The van der Waals surface area contributed by atoms with Crippen LogP contribution >= 0.6 is 11.6 Å². The minimum atomic E-state index is -4.36. The molecule has 7 nitrogen and oxygen atoms in total. The van der Waals surface area contributed by atoms with Crippen molar-refractivity contribution in [2.24, 2.45) is 0 Å². The van der Waals surface area contributed by atoms with Crippen LogP contribution in [0.15, 0.2) is 108 Å². The second kappa shape index (κ2) is 15.1. The molecule has 0 heterocycles. The molecule has 1 N–H and O–H groups in total. The van der Waals surface area contributed by atoms with Gasteiger partial charge in [-0.15, -0.1) is 0 Å². The Labute approximate surface area is 267 Å². The highest BCUT2D eigenvalue weighted by molar-refractivity contribution is 7.92. The van der Waals surface area contributed by atoms with Crippen LogP contribution < -0.4 is 9.62 Å². The first-order valence-electron chi connectivity index (χ1n) is 14.4. The van der Waals surface area contributed by atoms with Gasteiger partial charge in [-0.05, 0) is 66.9 Å². The number of amides is 2. The van der Waals surface area contributed by atoms with E-state index in [-0.39, 0.29) is 34.6 Å². The van der Waals surface area contributed by atoms with Crippen molar-refractivity contribution in [1.82, 2.24) is 10.2 Å². The van der Waals surface area contributed by atoms with Gasteiger partial charge >= 0.3 is 0 Å². The van der Waals surface area contributed by atoms with Crippen molar-refractivity contribution in [2.45, 2.75) is 50.2 Å². The molecule has 2 amide bonds. The Bertz CT molecular complexity index is 1710. The zero-order valence-corrected chi connectivity index (χ0v) is 26.4. The maximum atomic E-state index is 14.4. The molecule has 0 saturated carbocycles. The normalized spacial score (nSPS) is 12.6. The fourth-order valence-corrected chi connectivity index (χ4v) is 6.27. The summed E-state index contributed by atoms with van der Waals surface area (Å²) in [7, 11) is -4.36. The number of carbonyl (C=O) groups excluding carboxylic acids is 2. The van der Waals surface area contributed by atoms with Crippen LogP contribution in [0.5, 0.6) is 0 Å².